The molecule has 15 heavy (non-hydrogen) atoms. The third-order valence-electron chi connectivity index (χ3n) is 2.18. The zero-order valence-electron chi connectivity index (χ0n) is 8.57. The maximum Gasteiger partial charge on any atom is 0.220 e. The van der Waals surface area contributed by atoms with Crippen LogP contribution in [0, 0.1) is 0 Å². The normalized spacial score (nSPS) is 15.1. The third-order valence-corrected chi connectivity index (χ3v) is 2.18. The molecule has 1 aromatic heterocycles. The number of nitrogens with zero attached hydrogens (tertiary/aromatic N) is 2. The lowest BCUT2D eigenvalue weighted by Crippen LogP contribution is -2.04. The van der Waals surface area contributed by atoms with Crippen molar-refractivity contribution >= 4 is 0 Å². The van der Waals surface area contributed by atoms with Gasteiger partial charge in [0.15, 0.2) is 0 Å². The first kappa shape index (κ1) is 10.1. The molecule has 0 unspecified atom stereocenters. The molecular formula is C10H13FN2O2. The predicted molar refractivity (Wildman–Crippen MR) is 52.0 cm³/mol. The molecule has 0 atom stereocenters. The highest BCUT2D eigenvalue weighted by atomic mass is 19.1. The van der Waals surface area contributed by atoms with E-state index in [1.165, 1.54) is 7.11 Å². The van der Waals surface area contributed by atoms with Crippen LogP contribution in [0.2, 0.25) is 0 Å². The fourth-order valence-corrected chi connectivity index (χ4v) is 1.27. The highest BCUT2D eigenvalue weighted by Crippen LogP contribution is 2.39. The van der Waals surface area contributed by atoms with E-state index in [1.54, 1.807) is 6.07 Å². The molecule has 4 nitrogen and oxygen atoms in total. The van der Waals surface area contributed by atoms with E-state index in [0.29, 0.717) is 17.7 Å². The van der Waals surface area contributed by atoms with E-state index in [0.717, 1.165) is 18.7 Å². The van der Waals surface area contributed by atoms with Crippen LogP contribution >= 0.6 is 0 Å². The molecule has 1 aliphatic carbocycles. The molecule has 2 rings (SSSR count). The van der Waals surface area contributed by atoms with Crippen molar-refractivity contribution in [1.82, 2.24) is 9.97 Å². The van der Waals surface area contributed by atoms with Gasteiger partial charge in [0.2, 0.25) is 11.8 Å². The molecule has 1 heterocycles. The van der Waals surface area contributed by atoms with E-state index in [2.05, 4.69) is 9.97 Å². The van der Waals surface area contributed by atoms with Gasteiger partial charge in [-0.1, -0.05) is 0 Å². The molecule has 0 amide bonds. The van der Waals surface area contributed by atoms with Gasteiger partial charge in [-0.2, -0.15) is 9.97 Å². The lowest BCUT2D eigenvalue weighted by molar-refractivity contribution is 0.261. The fraction of sp³-hybridized carbons (Fsp3) is 0.600. The summed E-state index contributed by atoms with van der Waals surface area (Å²) in [6.45, 7) is -0.505. The number of methoxy groups -OCH3 is 1. The van der Waals surface area contributed by atoms with Gasteiger partial charge in [0.1, 0.15) is 19.1 Å². The summed E-state index contributed by atoms with van der Waals surface area (Å²) in [7, 11) is 1.54. The molecule has 1 aliphatic rings. The smallest absolute Gasteiger partial charge is 0.220 e. The number of ether oxygens (including phenoxy) is 2. The van der Waals surface area contributed by atoms with Crippen LogP contribution in [-0.4, -0.2) is 30.4 Å². The van der Waals surface area contributed by atoms with Gasteiger partial charge in [0.25, 0.3) is 0 Å². The number of halogens is 1. The van der Waals surface area contributed by atoms with E-state index in [4.69, 9.17) is 9.47 Å². The number of aromatic nitrogens is 2. The molecule has 0 spiro atoms. The summed E-state index contributed by atoms with van der Waals surface area (Å²) < 4.78 is 22.1. The van der Waals surface area contributed by atoms with Crippen LogP contribution in [0.25, 0.3) is 0 Å². The molecule has 0 saturated heterocycles. The summed E-state index contributed by atoms with van der Waals surface area (Å²) in [5.41, 5.74) is 0. The zero-order valence-corrected chi connectivity index (χ0v) is 8.57. The summed E-state index contributed by atoms with van der Waals surface area (Å²) in [5, 5.41) is 0. The summed E-state index contributed by atoms with van der Waals surface area (Å²) in [4.78, 5) is 8.42. The first-order valence-corrected chi connectivity index (χ1v) is 4.95. The Morgan fingerprint density at radius 3 is 2.73 bits per heavy atom. The van der Waals surface area contributed by atoms with Crippen molar-refractivity contribution < 1.29 is 13.9 Å². The van der Waals surface area contributed by atoms with Crippen LogP contribution < -0.4 is 9.47 Å². The largest absolute Gasteiger partial charge is 0.481 e. The highest BCUT2D eigenvalue weighted by molar-refractivity contribution is 5.23. The quantitative estimate of drug-likeness (QED) is 0.745. The Balaban J connectivity index is 2.16. The maximum atomic E-state index is 11.9. The Morgan fingerprint density at radius 1 is 1.40 bits per heavy atom. The number of hydrogen-bond donors (Lipinski definition) is 0. The molecule has 0 radical (unpaired) electrons. The molecule has 0 bridgehead atoms. The van der Waals surface area contributed by atoms with Gasteiger partial charge >= 0.3 is 0 Å². The van der Waals surface area contributed by atoms with Gasteiger partial charge in [-0.25, -0.2) is 4.39 Å². The van der Waals surface area contributed by atoms with Gasteiger partial charge in [0.05, 0.1) is 13.2 Å². The van der Waals surface area contributed by atoms with Crippen molar-refractivity contribution in [2.24, 2.45) is 0 Å². The van der Waals surface area contributed by atoms with Crippen LogP contribution in [0.3, 0.4) is 0 Å². The average Bonchev–Trinajstić information content (AvgIpc) is 3.09. The van der Waals surface area contributed by atoms with Crippen LogP contribution in [0.5, 0.6) is 11.8 Å². The molecule has 5 heteroatoms. The zero-order chi connectivity index (χ0) is 10.7. The minimum absolute atomic E-state index is 0.0181. The Hall–Kier alpha value is -1.39. The van der Waals surface area contributed by atoms with Crippen LogP contribution in [0.4, 0.5) is 4.39 Å². The summed E-state index contributed by atoms with van der Waals surface area (Å²) >= 11 is 0. The van der Waals surface area contributed by atoms with Crippen LogP contribution in [0.1, 0.15) is 24.6 Å². The molecule has 1 aromatic rings. The first-order valence-electron chi connectivity index (χ1n) is 4.95. The second kappa shape index (κ2) is 4.42. The highest BCUT2D eigenvalue weighted by Gasteiger charge is 2.27. The predicted octanol–water partition coefficient (Wildman–Crippen LogP) is 1.71. The summed E-state index contributed by atoms with van der Waals surface area (Å²) in [6.07, 6.45) is 2.21. The summed E-state index contributed by atoms with van der Waals surface area (Å²) in [6, 6.07) is 1.57. The standard InChI is InChI=1S/C10H13FN2O2/c1-14-8-6-9(15-5-4-11)13-10(12-8)7-2-3-7/h6-7H,2-5H2,1H3. The molecule has 1 saturated carbocycles. The third kappa shape index (κ3) is 2.55. The van der Waals surface area contributed by atoms with E-state index in [1.807, 2.05) is 0 Å². The number of hydrogen-bond acceptors (Lipinski definition) is 4. The van der Waals surface area contributed by atoms with E-state index in [9.17, 15) is 4.39 Å². The Kier molecular flexibility index (Phi) is 2.99. The first-order chi connectivity index (χ1) is 7.33. The van der Waals surface area contributed by atoms with Gasteiger partial charge in [0, 0.05) is 5.92 Å². The van der Waals surface area contributed by atoms with Crippen molar-refractivity contribution in [1.29, 1.82) is 0 Å². The van der Waals surface area contributed by atoms with Crippen molar-refractivity contribution in [2.75, 3.05) is 20.4 Å². The molecular weight excluding hydrogens is 199 g/mol. The van der Waals surface area contributed by atoms with E-state index < -0.39 is 6.67 Å². The SMILES string of the molecule is COc1cc(OCCF)nc(C2CC2)n1. The number of rotatable bonds is 5. The average molecular weight is 212 g/mol. The second-order valence-electron chi connectivity index (χ2n) is 3.42. The summed E-state index contributed by atoms with van der Waals surface area (Å²) in [5.74, 6) is 2.03. The maximum absolute atomic E-state index is 11.9. The molecule has 82 valence electrons. The van der Waals surface area contributed by atoms with Gasteiger partial charge in [-0.3, -0.25) is 0 Å². The minimum atomic E-state index is -0.523. The van der Waals surface area contributed by atoms with Crippen molar-refractivity contribution in [3.63, 3.8) is 0 Å². The minimum Gasteiger partial charge on any atom is -0.481 e. The molecule has 0 aliphatic heterocycles. The molecule has 0 aromatic carbocycles. The Labute approximate surface area is 87.4 Å². The van der Waals surface area contributed by atoms with Crippen molar-refractivity contribution in [2.45, 2.75) is 18.8 Å². The lowest BCUT2D eigenvalue weighted by atomic mass is 10.4. The number of alkyl halides is 1. The van der Waals surface area contributed by atoms with Gasteiger partial charge in [-0.15, -0.1) is 0 Å². The lowest BCUT2D eigenvalue weighted by Gasteiger charge is -2.06. The van der Waals surface area contributed by atoms with Crippen LogP contribution in [0.15, 0.2) is 6.07 Å². The van der Waals surface area contributed by atoms with Gasteiger partial charge in [-0.05, 0) is 12.8 Å². The molecule has 0 N–H and O–H groups in total. The van der Waals surface area contributed by atoms with Crippen molar-refractivity contribution in [3.8, 4) is 11.8 Å². The monoisotopic (exact) mass is 212 g/mol. The second-order valence-corrected chi connectivity index (χ2v) is 3.42. The molecule has 1 fully saturated rings. The topological polar surface area (TPSA) is 44.2 Å². The van der Waals surface area contributed by atoms with Gasteiger partial charge < -0.3 is 9.47 Å². The van der Waals surface area contributed by atoms with Crippen molar-refractivity contribution in [3.05, 3.63) is 11.9 Å². The Bertz CT molecular complexity index is 342. The van der Waals surface area contributed by atoms with E-state index in [-0.39, 0.29) is 6.61 Å². The van der Waals surface area contributed by atoms with Crippen LogP contribution in [-0.2, 0) is 0 Å². The Morgan fingerprint density at radius 2 is 2.13 bits per heavy atom. The fourth-order valence-electron chi connectivity index (χ4n) is 1.27. The van der Waals surface area contributed by atoms with E-state index >= 15 is 0 Å².